The highest BCUT2D eigenvalue weighted by atomic mass is 35.5. The lowest BCUT2D eigenvalue weighted by molar-refractivity contribution is -0.120. The SMILES string of the molecule is C[C@@]1(C(=O)Nc2nc3cc4c(cc3s2)OCCO4)CC1(Cl)Cl. The number of carbonyl (C=O) groups excluding carboxylic acids is 1. The Balaban J connectivity index is 1.62. The van der Waals surface area contributed by atoms with Gasteiger partial charge in [-0.25, -0.2) is 4.98 Å². The summed E-state index contributed by atoms with van der Waals surface area (Å²) in [4.78, 5) is 16.7. The number of halogens is 2. The van der Waals surface area contributed by atoms with Crippen molar-refractivity contribution in [2.45, 2.75) is 17.7 Å². The fourth-order valence-corrected chi connectivity index (χ4v) is 3.98. The topological polar surface area (TPSA) is 60.5 Å². The molecule has 0 unspecified atom stereocenters. The molecule has 1 fully saturated rings. The number of benzene rings is 1. The molecule has 1 aromatic heterocycles. The summed E-state index contributed by atoms with van der Waals surface area (Å²) in [5, 5.41) is 3.31. The van der Waals surface area contributed by atoms with Crippen molar-refractivity contribution >= 4 is 55.8 Å². The first-order chi connectivity index (χ1) is 10.4. The van der Waals surface area contributed by atoms with E-state index < -0.39 is 9.75 Å². The van der Waals surface area contributed by atoms with Crippen molar-refractivity contribution in [2.75, 3.05) is 18.5 Å². The Bertz CT molecular complexity index is 749. The van der Waals surface area contributed by atoms with Gasteiger partial charge < -0.3 is 14.8 Å². The molecule has 0 bridgehead atoms. The molecule has 0 saturated heterocycles. The summed E-state index contributed by atoms with van der Waals surface area (Å²) in [7, 11) is 0. The number of fused-ring (bicyclic) bond motifs is 2. The van der Waals surface area contributed by atoms with Crippen molar-refractivity contribution < 1.29 is 14.3 Å². The number of hydrogen-bond donors (Lipinski definition) is 1. The largest absolute Gasteiger partial charge is 0.486 e. The lowest BCUT2D eigenvalue weighted by Crippen LogP contribution is -2.25. The Morgan fingerprint density at radius 3 is 2.59 bits per heavy atom. The van der Waals surface area contributed by atoms with Crippen LogP contribution in [0, 0.1) is 5.41 Å². The fraction of sp³-hybridized carbons (Fsp3) is 0.429. The predicted molar refractivity (Wildman–Crippen MR) is 86.4 cm³/mol. The van der Waals surface area contributed by atoms with Crippen LogP contribution in [0.2, 0.25) is 0 Å². The van der Waals surface area contributed by atoms with Crippen LogP contribution in [0.3, 0.4) is 0 Å². The third-order valence-electron chi connectivity index (χ3n) is 4.03. The molecule has 2 aliphatic rings. The zero-order valence-electron chi connectivity index (χ0n) is 11.6. The average molecular weight is 359 g/mol. The van der Waals surface area contributed by atoms with Crippen molar-refractivity contribution in [2.24, 2.45) is 5.41 Å². The van der Waals surface area contributed by atoms with Crippen LogP contribution in [0.15, 0.2) is 12.1 Å². The minimum Gasteiger partial charge on any atom is -0.486 e. The van der Waals surface area contributed by atoms with E-state index in [2.05, 4.69) is 10.3 Å². The molecule has 1 aliphatic heterocycles. The quantitative estimate of drug-likeness (QED) is 0.833. The number of aromatic nitrogens is 1. The molecular formula is C14H12Cl2N2O3S. The summed E-state index contributed by atoms with van der Waals surface area (Å²) in [5.41, 5.74) is -0.00658. The average Bonchev–Trinajstić information content (AvgIpc) is 2.79. The fourth-order valence-electron chi connectivity index (χ4n) is 2.40. The molecule has 1 N–H and O–H groups in total. The summed E-state index contributed by atoms with van der Waals surface area (Å²) >= 11 is 13.4. The molecule has 2 aromatic rings. The van der Waals surface area contributed by atoms with E-state index in [1.165, 1.54) is 11.3 Å². The van der Waals surface area contributed by atoms with E-state index in [-0.39, 0.29) is 5.91 Å². The number of nitrogens with one attached hydrogen (secondary N) is 1. The van der Waals surface area contributed by atoms with Gasteiger partial charge in [0.1, 0.15) is 17.5 Å². The number of thiazole rings is 1. The van der Waals surface area contributed by atoms with Gasteiger partial charge in [-0.3, -0.25) is 4.79 Å². The van der Waals surface area contributed by atoms with E-state index >= 15 is 0 Å². The molecule has 5 nitrogen and oxygen atoms in total. The smallest absolute Gasteiger partial charge is 0.235 e. The number of hydrogen-bond acceptors (Lipinski definition) is 5. The van der Waals surface area contributed by atoms with Crippen molar-refractivity contribution in [1.82, 2.24) is 4.98 Å². The van der Waals surface area contributed by atoms with Crippen molar-refractivity contribution in [1.29, 1.82) is 0 Å². The molecule has 1 amide bonds. The van der Waals surface area contributed by atoms with Crippen LogP contribution >= 0.6 is 34.5 Å². The summed E-state index contributed by atoms with van der Waals surface area (Å²) in [5.74, 6) is 1.17. The summed E-state index contributed by atoms with van der Waals surface area (Å²) in [6, 6.07) is 3.70. The zero-order chi connectivity index (χ0) is 15.5. The lowest BCUT2D eigenvalue weighted by atomic mass is 10.1. The van der Waals surface area contributed by atoms with Gasteiger partial charge in [0.25, 0.3) is 0 Å². The maximum atomic E-state index is 12.3. The van der Waals surface area contributed by atoms with E-state index in [1.54, 1.807) is 6.92 Å². The number of rotatable bonds is 2. The second-order valence-corrected chi connectivity index (χ2v) is 8.16. The molecule has 4 rings (SSSR count). The molecule has 116 valence electrons. The second kappa shape index (κ2) is 4.63. The first-order valence-corrected chi connectivity index (χ1v) is 8.36. The van der Waals surface area contributed by atoms with E-state index in [9.17, 15) is 4.79 Å². The number of amides is 1. The highest BCUT2D eigenvalue weighted by Gasteiger charge is 2.68. The van der Waals surface area contributed by atoms with Gasteiger partial charge >= 0.3 is 0 Å². The molecule has 0 radical (unpaired) electrons. The van der Waals surface area contributed by atoms with E-state index in [0.717, 1.165) is 10.2 Å². The predicted octanol–water partition coefficient (Wildman–Crippen LogP) is 3.59. The number of carbonyl (C=O) groups is 1. The van der Waals surface area contributed by atoms with Crippen LogP contribution in [0.5, 0.6) is 11.5 Å². The molecule has 1 saturated carbocycles. The number of anilines is 1. The van der Waals surface area contributed by atoms with Gasteiger partial charge in [0, 0.05) is 12.1 Å². The molecule has 1 aliphatic carbocycles. The Kier molecular flexibility index (Phi) is 3.02. The minimum atomic E-state index is -0.992. The van der Waals surface area contributed by atoms with Crippen LogP contribution in [0.1, 0.15) is 13.3 Å². The monoisotopic (exact) mass is 358 g/mol. The van der Waals surface area contributed by atoms with Crippen LogP contribution in [-0.2, 0) is 4.79 Å². The summed E-state index contributed by atoms with van der Waals surface area (Å²) in [6.45, 7) is 2.81. The number of ether oxygens (including phenoxy) is 2. The van der Waals surface area contributed by atoms with E-state index in [1.807, 2.05) is 12.1 Å². The Morgan fingerprint density at radius 2 is 1.95 bits per heavy atom. The molecular weight excluding hydrogens is 347 g/mol. The second-order valence-electron chi connectivity index (χ2n) is 5.65. The highest BCUT2D eigenvalue weighted by molar-refractivity contribution is 7.22. The van der Waals surface area contributed by atoms with Crippen LogP contribution in [0.25, 0.3) is 10.2 Å². The summed E-state index contributed by atoms with van der Waals surface area (Å²) in [6.07, 6.45) is 0.440. The van der Waals surface area contributed by atoms with Crippen LogP contribution < -0.4 is 14.8 Å². The van der Waals surface area contributed by atoms with Gasteiger partial charge in [-0.2, -0.15) is 0 Å². The van der Waals surface area contributed by atoms with Crippen molar-refractivity contribution in [3.63, 3.8) is 0 Å². The first kappa shape index (κ1) is 14.4. The van der Waals surface area contributed by atoms with Gasteiger partial charge in [-0.15, -0.1) is 23.2 Å². The van der Waals surface area contributed by atoms with Crippen LogP contribution in [0.4, 0.5) is 5.13 Å². The lowest BCUT2D eigenvalue weighted by Gasteiger charge is -2.17. The molecule has 0 spiro atoms. The first-order valence-electron chi connectivity index (χ1n) is 6.78. The maximum absolute atomic E-state index is 12.3. The molecule has 2 heterocycles. The van der Waals surface area contributed by atoms with E-state index in [4.69, 9.17) is 32.7 Å². The normalized spacial score (nSPS) is 25.0. The van der Waals surface area contributed by atoms with Crippen molar-refractivity contribution in [3.8, 4) is 11.5 Å². The van der Waals surface area contributed by atoms with Crippen molar-refractivity contribution in [3.05, 3.63) is 12.1 Å². The Hall–Kier alpha value is -1.24. The molecule has 1 aromatic carbocycles. The van der Waals surface area contributed by atoms with E-state index in [0.29, 0.717) is 36.3 Å². The Morgan fingerprint density at radius 1 is 1.32 bits per heavy atom. The molecule has 22 heavy (non-hydrogen) atoms. The van der Waals surface area contributed by atoms with Crippen LogP contribution in [-0.4, -0.2) is 28.4 Å². The van der Waals surface area contributed by atoms with Gasteiger partial charge in [0.2, 0.25) is 5.91 Å². The molecule has 8 heteroatoms. The van der Waals surface area contributed by atoms with Gasteiger partial charge in [0.05, 0.1) is 15.6 Å². The zero-order valence-corrected chi connectivity index (χ0v) is 13.9. The Labute approximate surface area is 140 Å². The number of alkyl halides is 2. The minimum absolute atomic E-state index is 0.214. The standard InChI is InChI=1S/C14H12Cl2N2O3S/c1-13(6-14(13,15)16)11(19)18-12-17-7-4-8-9(5-10(7)22-12)21-3-2-20-8/h4-5H,2-3,6H2,1H3,(H,17,18,19)/t13-/m0/s1. The van der Waals surface area contributed by atoms with Gasteiger partial charge in [-0.05, 0) is 13.3 Å². The highest BCUT2D eigenvalue weighted by Crippen LogP contribution is 2.64. The third kappa shape index (κ3) is 2.13. The maximum Gasteiger partial charge on any atom is 0.235 e. The van der Waals surface area contributed by atoms with Gasteiger partial charge in [-0.1, -0.05) is 11.3 Å². The summed E-state index contributed by atoms with van der Waals surface area (Å²) < 4.78 is 11.0. The number of nitrogens with zero attached hydrogens (tertiary/aromatic N) is 1. The third-order valence-corrected chi connectivity index (χ3v) is 6.07. The molecule has 1 atom stereocenters. The van der Waals surface area contributed by atoms with Gasteiger partial charge in [0.15, 0.2) is 16.6 Å².